The molecule has 0 saturated carbocycles. The summed E-state index contributed by atoms with van der Waals surface area (Å²) in [6.45, 7) is 4.84. The molecule has 0 spiro atoms. The van der Waals surface area contributed by atoms with Crippen molar-refractivity contribution in [2.24, 2.45) is 11.7 Å². The molecular weight excluding hydrogens is 241 g/mol. The SMILES string of the molecule is CC1CN(c2ccc(F)cc2CCN)CC1N(C)C. The first-order chi connectivity index (χ1) is 9.02. The molecule has 4 heteroatoms. The molecule has 2 atom stereocenters. The fraction of sp³-hybridized carbons (Fsp3) is 0.600. The van der Waals surface area contributed by atoms with E-state index in [-0.39, 0.29) is 5.82 Å². The van der Waals surface area contributed by atoms with Crippen molar-refractivity contribution >= 4 is 5.69 Å². The fourth-order valence-electron chi connectivity index (χ4n) is 3.04. The first-order valence-electron chi connectivity index (χ1n) is 6.92. The summed E-state index contributed by atoms with van der Waals surface area (Å²) >= 11 is 0. The summed E-state index contributed by atoms with van der Waals surface area (Å²) in [5.74, 6) is 0.439. The van der Waals surface area contributed by atoms with Crippen LogP contribution in [-0.4, -0.2) is 44.7 Å². The van der Waals surface area contributed by atoms with E-state index in [1.807, 2.05) is 6.07 Å². The van der Waals surface area contributed by atoms with Gasteiger partial charge in [0.1, 0.15) is 5.82 Å². The van der Waals surface area contributed by atoms with Crippen molar-refractivity contribution in [1.82, 2.24) is 4.90 Å². The van der Waals surface area contributed by atoms with Crippen LogP contribution in [0.2, 0.25) is 0 Å². The second kappa shape index (κ2) is 5.88. The largest absolute Gasteiger partial charge is 0.369 e. The van der Waals surface area contributed by atoms with Crippen molar-refractivity contribution in [2.45, 2.75) is 19.4 Å². The quantitative estimate of drug-likeness (QED) is 0.899. The molecule has 0 bridgehead atoms. The molecule has 0 aliphatic carbocycles. The summed E-state index contributed by atoms with van der Waals surface area (Å²) in [7, 11) is 4.24. The van der Waals surface area contributed by atoms with E-state index in [9.17, 15) is 4.39 Å². The highest BCUT2D eigenvalue weighted by Gasteiger charge is 2.31. The minimum Gasteiger partial charge on any atom is -0.369 e. The second-order valence-corrected chi connectivity index (χ2v) is 5.72. The van der Waals surface area contributed by atoms with Crippen LogP contribution in [0.15, 0.2) is 18.2 Å². The van der Waals surface area contributed by atoms with Gasteiger partial charge in [0.15, 0.2) is 0 Å². The molecule has 0 radical (unpaired) electrons. The lowest BCUT2D eigenvalue weighted by molar-refractivity contribution is 0.266. The maximum atomic E-state index is 13.4. The van der Waals surface area contributed by atoms with Gasteiger partial charge < -0.3 is 15.5 Å². The zero-order valence-corrected chi connectivity index (χ0v) is 12.1. The van der Waals surface area contributed by atoms with Crippen molar-refractivity contribution < 1.29 is 4.39 Å². The molecule has 2 N–H and O–H groups in total. The van der Waals surface area contributed by atoms with Crippen molar-refractivity contribution in [3.8, 4) is 0 Å². The molecule has 1 fully saturated rings. The van der Waals surface area contributed by atoms with Crippen molar-refractivity contribution in [2.75, 3.05) is 38.6 Å². The molecule has 1 aromatic rings. The van der Waals surface area contributed by atoms with Gasteiger partial charge in [-0.3, -0.25) is 0 Å². The second-order valence-electron chi connectivity index (χ2n) is 5.72. The topological polar surface area (TPSA) is 32.5 Å². The highest BCUT2D eigenvalue weighted by atomic mass is 19.1. The van der Waals surface area contributed by atoms with E-state index >= 15 is 0 Å². The van der Waals surface area contributed by atoms with Gasteiger partial charge in [0.05, 0.1) is 0 Å². The lowest BCUT2D eigenvalue weighted by atomic mass is 10.1. The first-order valence-corrected chi connectivity index (χ1v) is 6.92. The van der Waals surface area contributed by atoms with Gasteiger partial charge in [-0.1, -0.05) is 6.92 Å². The summed E-state index contributed by atoms with van der Waals surface area (Å²) in [5, 5.41) is 0. The van der Waals surface area contributed by atoms with E-state index in [0.29, 0.717) is 18.5 Å². The number of nitrogens with two attached hydrogens (primary N) is 1. The van der Waals surface area contributed by atoms with Gasteiger partial charge in [-0.05, 0) is 56.7 Å². The highest BCUT2D eigenvalue weighted by Crippen LogP contribution is 2.29. The third kappa shape index (κ3) is 3.07. The number of rotatable bonds is 4. The van der Waals surface area contributed by atoms with Gasteiger partial charge in [-0.15, -0.1) is 0 Å². The maximum Gasteiger partial charge on any atom is 0.123 e. The molecule has 19 heavy (non-hydrogen) atoms. The van der Waals surface area contributed by atoms with Gasteiger partial charge >= 0.3 is 0 Å². The van der Waals surface area contributed by atoms with Crippen LogP contribution in [0.4, 0.5) is 10.1 Å². The van der Waals surface area contributed by atoms with E-state index in [1.54, 1.807) is 12.1 Å². The standard InChI is InChI=1S/C15H24FN3/c1-11-9-19(10-15(11)18(2)3)14-5-4-13(16)8-12(14)6-7-17/h4-5,8,11,15H,6-7,9-10,17H2,1-3H3. The molecule has 0 amide bonds. The third-order valence-electron chi connectivity index (χ3n) is 4.03. The van der Waals surface area contributed by atoms with Gasteiger partial charge in [-0.2, -0.15) is 0 Å². The number of halogens is 1. The minimum atomic E-state index is -0.177. The number of likely N-dealkylation sites (N-methyl/N-ethyl adjacent to an activating group) is 1. The number of hydrogen-bond donors (Lipinski definition) is 1. The van der Waals surface area contributed by atoms with E-state index in [4.69, 9.17) is 5.73 Å². The average molecular weight is 265 g/mol. The summed E-state index contributed by atoms with van der Waals surface area (Å²) < 4.78 is 13.4. The summed E-state index contributed by atoms with van der Waals surface area (Å²) in [5.41, 5.74) is 7.80. The molecule has 1 aromatic carbocycles. The maximum absolute atomic E-state index is 13.4. The van der Waals surface area contributed by atoms with Crippen LogP contribution in [0.5, 0.6) is 0 Å². The van der Waals surface area contributed by atoms with Crippen LogP contribution < -0.4 is 10.6 Å². The first kappa shape index (κ1) is 14.3. The van der Waals surface area contributed by atoms with Crippen molar-refractivity contribution in [3.05, 3.63) is 29.6 Å². The molecule has 1 aliphatic heterocycles. The Labute approximate surface area is 115 Å². The predicted octanol–water partition coefficient (Wildman–Crippen LogP) is 1.71. The number of benzene rings is 1. The lowest BCUT2D eigenvalue weighted by Crippen LogP contribution is -2.34. The fourth-order valence-corrected chi connectivity index (χ4v) is 3.04. The Bertz CT molecular complexity index is 433. The summed E-state index contributed by atoms with van der Waals surface area (Å²) in [6, 6.07) is 5.61. The monoisotopic (exact) mass is 265 g/mol. The average Bonchev–Trinajstić information content (AvgIpc) is 2.72. The molecule has 1 saturated heterocycles. The Balaban J connectivity index is 2.23. The van der Waals surface area contributed by atoms with Crippen LogP contribution >= 0.6 is 0 Å². The van der Waals surface area contributed by atoms with Crippen LogP contribution in [0.1, 0.15) is 12.5 Å². The predicted molar refractivity (Wildman–Crippen MR) is 78.0 cm³/mol. The zero-order chi connectivity index (χ0) is 14.0. The third-order valence-corrected chi connectivity index (χ3v) is 4.03. The van der Waals surface area contributed by atoms with Crippen LogP contribution in [-0.2, 0) is 6.42 Å². The smallest absolute Gasteiger partial charge is 0.123 e. The van der Waals surface area contributed by atoms with E-state index in [0.717, 1.165) is 30.8 Å². The van der Waals surface area contributed by atoms with E-state index < -0.39 is 0 Å². The van der Waals surface area contributed by atoms with Crippen LogP contribution in [0.25, 0.3) is 0 Å². The Morgan fingerprint density at radius 2 is 2.11 bits per heavy atom. The Morgan fingerprint density at radius 3 is 2.68 bits per heavy atom. The normalized spacial score (nSPS) is 23.4. The lowest BCUT2D eigenvalue weighted by Gasteiger charge is -2.24. The van der Waals surface area contributed by atoms with Crippen LogP contribution in [0, 0.1) is 11.7 Å². The number of anilines is 1. The molecule has 2 unspecified atom stereocenters. The van der Waals surface area contributed by atoms with Gasteiger partial charge in [0, 0.05) is 24.8 Å². The van der Waals surface area contributed by atoms with Gasteiger partial charge in [0.25, 0.3) is 0 Å². The molecule has 3 nitrogen and oxygen atoms in total. The van der Waals surface area contributed by atoms with Crippen LogP contribution in [0.3, 0.4) is 0 Å². The molecule has 1 heterocycles. The van der Waals surface area contributed by atoms with Gasteiger partial charge in [0.2, 0.25) is 0 Å². The van der Waals surface area contributed by atoms with E-state index in [1.165, 1.54) is 0 Å². The van der Waals surface area contributed by atoms with Crippen molar-refractivity contribution in [3.63, 3.8) is 0 Å². The Hall–Kier alpha value is -1.13. The zero-order valence-electron chi connectivity index (χ0n) is 12.1. The Morgan fingerprint density at radius 1 is 1.37 bits per heavy atom. The molecule has 106 valence electrons. The summed E-state index contributed by atoms with van der Waals surface area (Å²) in [6.07, 6.45) is 0.727. The molecule has 1 aliphatic rings. The molecular formula is C15H24FN3. The number of hydrogen-bond acceptors (Lipinski definition) is 3. The van der Waals surface area contributed by atoms with E-state index in [2.05, 4.69) is 30.8 Å². The molecule has 2 rings (SSSR count). The molecule has 0 aromatic heterocycles. The Kier molecular flexibility index (Phi) is 4.42. The highest BCUT2D eigenvalue weighted by molar-refractivity contribution is 5.55. The number of nitrogens with zero attached hydrogens (tertiary/aromatic N) is 2. The van der Waals surface area contributed by atoms with Crippen molar-refractivity contribution in [1.29, 1.82) is 0 Å². The summed E-state index contributed by atoms with van der Waals surface area (Å²) in [4.78, 5) is 4.64. The van der Waals surface area contributed by atoms with Gasteiger partial charge in [-0.25, -0.2) is 4.39 Å². The minimum absolute atomic E-state index is 0.177.